The van der Waals surface area contributed by atoms with Crippen molar-refractivity contribution in [3.63, 3.8) is 0 Å². The van der Waals surface area contributed by atoms with E-state index in [1.54, 1.807) is 0 Å². The minimum atomic E-state index is -2.73. The van der Waals surface area contributed by atoms with Crippen molar-refractivity contribution in [3.05, 3.63) is 0 Å². The van der Waals surface area contributed by atoms with Crippen molar-refractivity contribution in [2.75, 3.05) is 24.8 Å². The lowest BCUT2D eigenvalue weighted by Crippen LogP contribution is -2.31. The lowest BCUT2D eigenvalue weighted by Gasteiger charge is -2.21. The maximum absolute atomic E-state index is 11.0. The van der Waals surface area contributed by atoms with Crippen LogP contribution < -0.4 is 5.32 Å². The molecule has 1 aliphatic heterocycles. The van der Waals surface area contributed by atoms with Crippen molar-refractivity contribution < 1.29 is 13.5 Å². The molecule has 72 valence electrons. The van der Waals surface area contributed by atoms with Crippen LogP contribution >= 0.6 is 0 Å². The largest absolute Gasteiger partial charge is 0.381 e. The van der Waals surface area contributed by atoms with Gasteiger partial charge in [0.25, 0.3) is 0 Å². The van der Waals surface area contributed by atoms with Crippen LogP contribution in [0.4, 0.5) is 0 Å². The predicted octanol–water partition coefficient (Wildman–Crippen LogP) is -0.649. The van der Waals surface area contributed by atoms with Crippen molar-refractivity contribution in [2.45, 2.75) is 12.8 Å². The van der Waals surface area contributed by atoms with Crippen LogP contribution in [0, 0.1) is 5.92 Å². The molecule has 1 aliphatic rings. The zero-order valence-electron chi connectivity index (χ0n) is 6.99. The maximum Gasteiger partial charge on any atom is 0.150 e. The number of rotatable bonds is 3. The smallest absolute Gasteiger partial charge is 0.150 e. The number of aliphatic hydroxyl groups excluding tert-OH is 1. The van der Waals surface area contributed by atoms with Gasteiger partial charge in [0.2, 0.25) is 0 Å². The Balaban J connectivity index is 2.27. The van der Waals surface area contributed by atoms with Crippen LogP contribution in [0.2, 0.25) is 0 Å². The summed E-state index contributed by atoms with van der Waals surface area (Å²) >= 11 is 0. The van der Waals surface area contributed by atoms with Crippen LogP contribution in [0.15, 0.2) is 0 Å². The Morgan fingerprint density at radius 3 is 2.42 bits per heavy atom. The Kier molecular flexibility index (Phi) is 3.49. The first-order valence-corrected chi connectivity index (χ1v) is 5.98. The highest BCUT2D eigenvalue weighted by atomic mass is 32.2. The first-order valence-electron chi connectivity index (χ1n) is 4.16. The van der Waals surface area contributed by atoms with Gasteiger partial charge < -0.3 is 5.11 Å². The van der Waals surface area contributed by atoms with Gasteiger partial charge in [-0.3, -0.25) is 5.32 Å². The summed E-state index contributed by atoms with van der Waals surface area (Å²) in [4.78, 5) is 0. The van der Waals surface area contributed by atoms with Crippen molar-refractivity contribution in [1.29, 1.82) is 0 Å². The molecule has 1 rings (SSSR count). The SMILES string of the molecule is O=S1(=O)CCC(CNCO)CC1. The van der Waals surface area contributed by atoms with E-state index < -0.39 is 9.84 Å². The molecular weight excluding hydrogens is 178 g/mol. The molecule has 12 heavy (non-hydrogen) atoms. The van der Waals surface area contributed by atoms with Crippen molar-refractivity contribution in [1.82, 2.24) is 5.32 Å². The first kappa shape index (κ1) is 9.95. The Hall–Kier alpha value is -0.130. The summed E-state index contributed by atoms with van der Waals surface area (Å²) in [5, 5.41) is 11.3. The monoisotopic (exact) mass is 193 g/mol. The molecule has 5 heteroatoms. The van der Waals surface area contributed by atoms with Gasteiger partial charge >= 0.3 is 0 Å². The predicted molar refractivity (Wildman–Crippen MR) is 46.5 cm³/mol. The molecule has 4 nitrogen and oxygen atoms in total. The summed E-state index contributed by atoms with van der Waals surface area (Å²) in [5.41, 5.74) is 0. The fraction of sp³-hybridized carbons (Fsp3) is 1.00. The van der Waals surface area contributed by atoms with Gasteiger partial charge in [-0.1, -0.05) is 0 Å². The van der Waals surface area contributed by atoms with Crippen LogP contribution in [0.5, 0.6) is 0 Å². The molecule has 0 unspecified atom stereocenters. The Bertz CT molecular complexity index is 211. The molecule has 1 saturated heterocycles. The molecule has 0 aromatic carbocycles. The average Bonchev–Trinajstić information content (AvgIpc) is 2.03. The molecule has 0 saturated carbocycles. The summed E-state index contributed by atoms with van der Waals surface area (Å²) in [7, 11) is -2.73. The van der Waals surface area contributed by atoms with Gasteiger partial charge in [-0.15, -0.1) is 0 Å². The average molecular weight is 193 g/mol. The van der Waals surface area contributed by atoms with Crippen LogP contribution in [0.1, 0.15) is 12.8 Å². The number of aliphatic hydroxyl groups is 1. The molecule has 0 atom stereocenters. The molecule has 0 aliphatic carbocycles. The minimum Gasteiger partial charge on any atom is -0.381 e. The van der Waals surface area contributed by atoms with Crippen LogP contribution in [-0.2, 0) is 9.84 Å². The molecule has 2 N–H and O–H groups in total. The van der Waals surface area contributed by atoms with E-state index in [1.165, 1.54) is 0 Å². The minimum absolute atomic E-state index is 0.0246. The topological polar surface area (TPSA) is 66.4 Å². The summed E-state index contributed by atoms with van der Waals surface area (Å²) in [5.74, 6) is 1.04. The Labute approximate surface area is 72.9 Å². The molecule has 0 radical (unpaired) electrons. The molecule has 0 aromatic heterocycles. The van der Waals surface area contributed by atoms with Gasteiger partial charge in [0.05, 0.1) is 18.2 Å². The van der Waals surface area contributed by atoms with Gasteiger partial charge in [0, 0.05) is 6.54 Å². The highest BCUT2D eigenvalue weighted by Crippen LogP contribution is 2.17. The van der Waals surface area contributed by atoms with E-state index in [-0.39, 0.29) is 6.73 Å². The van der Waals surface area contributed by atoms with Crippen LogP contribution in [0.3, 0.4) is 0 Å². The summed E-state index contributed by atoms with van der Waals surface area (Å²) < 4.78 is 22.0. The lowest BCUT2D eigenvalue weighted by molar-refractivity contribution is 0.247. The van der Waals surface area contributed by atoms with Gasteiger partial charge in [0.1, 0.15) is 9.84 Å². The fourth-order valence-corrected chi connectivity index (χ4v) is 3.00. The standard InChI is InChI=1S/C7H15NO3S/c9-6-8-5-7-1-3-12(10,11)4-2-7/h7-9H,1-6H2. The third-order valence-electron chi connectivity index (χ3n) is 2.22. The van der Waals surface area contributed by atoms with E-state index in [1.807, 2.05) is 0 Å². The van der Waals surface area contributed by atoms with Gasteiger partial charge in [0.15, 0.2) is 0 Å². The highest BCUT2D eigenvalue weighted by Gasteiger charge is 2.22. The second-order valence-electron chi connectivity index (χ2n) is 3.21. The first-order chi connectivity index (χ1) is 5.64. The molecule has 1 heterocycles. The van der Waals surface area contributed by atoms with E-state index in [4.69, 9.17) is 5.11 Å². The number of hydrogen-bond acceptors (Lipinski definition) is 4. The molecule has 0 aromatic rings. The molecule has 1 fully saturated rings. The zero-order chi connectivity index (χ0) is 9.03. The zero-order valence-corrected chi connectivity index (χ0v) is 7.81. The van der Waals surface area contributed by atoms with Gasteiger partial charge in [-0.2, -0.15) is 0 Å². The van der Waals surface area contributed by atoms with E-state index in [0.717, 1.165) is 19.4 Å². The molecule has 0 spiro atoms. The fourth-order valence-electron chi connectivity index (χ4n) is 1.41. The lowest BCUT2D eigenvalue weighted by atomic mass is 10.0. The van der Waals surface area contributed by atoms with E-state index >= 15 is 0 Å². The molecule has 0 bridgehead atoms. The maximum atomic E-state index is 11.0. The van der Waals surface area contributed by atoms with Gasteiger partial charge in [-0.05, 0) is 18.8 Å². The summed E-state index contributed by atoms with van der Waals surface area (Å²) in [6.45, 7) is 0.704. The number of hydrogen-bond donors (Lipinski definition) is 2. The van der Waals surface area contributed by atoms with E-state index in [2.05, 4.69) is 5.32 Å². The third-order valence-corrected chi connectivity index (χ3v) is 3.93. The van der Waals surface area contributed by atoms with Crippen molar-refractivity contribution >= 4 is 9.84 Å². The van der Waals surface area contributed by atoms with E-state index in [9.17, 15) is 8.42 Å². The van der Waals surface area contributed by atoms with Crippen molar-refractivity contribution in [2.24, 2.45) is 5.92 Å². The second-order valence-corrected chi connectivity index (χ2v) is 5.51. The Morgan fingerprint density at radius 1 is 1.33 bits per heavy atom. The quantitative estimate of drug-likeness (QED) is 0.585. The number of nitrogens with one attached hydrogen (secondary N) is 1. The summed E-state index contributed by atoms with van der Waals surface area (Å²) in [6, 6.07) is 0. The Morgan fingerprint density at radius 2 is 1.92 bits per heavy atom. The van der Waals surface area contributed by atoms with Crippen LogP contribution in [0.25, 0.3) is 0 Å². The second kappa shape index (κ2) is 4.20. The molecular formula is C7H15NO3S. The summed E-state index contributed by atoms with van der Waals surface area (Å²) in [6.07, 6.45) is 1.46. The van der Waals surface area contributed by atoms with Crippen LogP contribution in [-0.4, -0.2) is 38.3 Å². The highest BCUT2D eigenvalue weighted by molar-refractivity contribution is 7.91. The van der Waals surface area contributed by atoms with E-state index in [0.29, 0.717) is 17.4 Å². The number of sulfone groups is 1. The normalized spacial score (nSPS) is 24.1. The molecule has 0 amide bonds. The van der Waals surface area contributed by atoms with Gasteiger partial charge in [-0.25, -0.2) is 8.42 Å². The third kappa shape index (κ3) is 3.08. The van der Waals surface area contributed by atoms with Crippen molar-refractivity contribution in [3.8, 4) is 0 Å².